The molecule has 1 aliphatic carbocycles. The normalized spacial score (nSPS) is 22.8. The molecule has 4 rings (SSSR count). The average molecular weight is 357 g/mol. The van der Waals surface area contributed by atoms with Gasteiger partial charge in [0.2, 0.25) is 5.91 Å². The van der Waals surface area contributed by atoms with Gasteiger partial charge in [-0.05, 0) is 48.2 Å². The van der Waals surface area contributed by atoms with Crippen molar-refractivity contribution in [3.8, 4) is 5.75 Å². The maximum absolute atomic E-state index is 12.7. The highest BCUT2D eigenvalue weighted by Crippen LogP contribution is 2.48. The molecule has 0 aromatic heterocycles. The van der Waals surface area contributed by atoms with Gasteiger partial charge in [0.1, 0.15) is 5.75 Å². The molecule has 0 spiro atoms. The highest BCUT2D eigenvalue weighted by Gasteiger charge is 2.46. The van der Waals surface area contributed by atoms with E-state index in [2.05, 4.69) is 11.0 Å². The molecule has 1 amide bonds. The standard InChI is InChI=1S/C20H21ClN2O2/c21-15-2-1-3-16(12-15)22-8-10-23(11-9-22)20(25)19-13-18(19)14-4-6-17(24)7-5-14/h1-7,12,18-19,24H,8-11,13H2. The van der Waals surface area contributed by atoms with Crippen molar-refractivity contribution in [2.75, 3.05) is 31.1 Å². The van der Waals surface area contributed by atoms with Gasteiger partial charge in [0.25, 0.3) is 0 Å². The van der Waals surface area contributed by atoms with Crippen LogP contribution in [-0.2, 0) is 4.79 Å². The number of phenolic OH excluding ortho intramolecular Hbond substituents is 1. The number of carbonyl (C=O) groups excluding carboxylic acids is 1. The van der Waals surface area contributed by atoms with Crippen LogP contribution in [0.2, 0.25) is 5.02 Å². The van der Waals surface area contributed by atoms with E-state index in [4.69, 9.17) is 11.6 Å². The smallest absolute Gasteiger partial charge is 0.226 e. The van der Waals surface area contributed by atoms with Crippen LogP contribution in [0.5, 0.6) is 5.75 Å². The van der Waals surface area contributed by atoms with Crippen LogP contribution in [0.4, 0.5) is 5.69 Å². The first-order valence-corrected chi connectivity index (χ1v) is 9.08. The number of nitrogens with zero attached hydrogens (tertiary/aromatic N) is 2. The molecule has 4 nitrogen and oxygen atoms in total. The van der Waals surface area contributed by atoms with Gasteiger partial charge in [-0.15, -0.1) is 0 Å². The van der Waals surface area contributed by atoms with Crippen molar-refractivity contribution < 1.29 is 9.90 Å². The predicted octanol–water partition coefficient (Wildman–Crippen LogP) is 3.50. The summed E-state index contributed by atoms with van der Waals surface area (Å²) in [5.74, 6) is 0.939. The Morgan fingerprint density at radius 3 is 2.44 bits per heavy atom. The summed E-state index contributed by atoms with van der Waals surface area (Å²) in [6.07, 6.45) is 0.915. The van der Waals surface area contributed by atoms with Crippen LogP contribution in [0.15, 0.2) is 48.5 Å². The number of rotatable bonds is 3. The van der Waals surface area contributed by atoms with E-state index in [1.54, 1.807) is 12.1 Å². The molecule has 2 fully saturated rings. The summed E-state index contributed by atoms with van der Waals surface area (Å²) >= 11 is 6.07. The van der Waals surface area contributed by atoms with Crippen LogP contribution < -0.4 is 4.90 Å². The second kappa shape index (κ2) is 6.60. The zero-order chi connectivity index (χ0) is 17.4. The topological polar surface area (TPSA) is 43.8 Å². The Morgan fingerprint density at radius 2 is 1.76 bits per heavy atom. The summed E-state index contributed by atoms with van der Waals surface area (Å²) in [5, 5.41) is 10.1. The van der Waals surface area contributed by atoms with Gasteiger partial charge in [-0.2, -0.15) is 0 Å². The summed E-state index contributed by atoms with van der Waals surface area (Å²) in [7, 11) is 0. The Hall–Kier alpha value is -2.20. The molecular weight excluding hydrogens is 336 g/mol. The van der Waals surface area contributed by atoms with Crippen LogP contribution in [0.25, 0.3) is 0 Å². The first-order valence-electron chi connectivity index (χ1n) is 8.70. The molecule has 1 saturated heterocycles. The van der Waals surface area contributed by atoms with Crippen LogP contribution in [0, 0.1) is 5.92 Å². The highest BCUT2D eigenvalue weighted by atomic mass is 35.5. The number of anilines is 1. The lowest BCUT2D eigenvalue weighted by molar-refractivity contribution is -0.132. The lowest BCUT2D eigenvalue weighted by atomic mass is 10.1. The fourth-order valence-corrected chi connectivity index (χ4v) is 3.83. The number of piperazine rings is 1. The quantitative estimate of drug-likeness (QED) is 0.915. The maximum atomic E-state index is 12.7. The number of hydrogen-bond donors (Lipinski definition) is 1. The van der Waals surface area contributed by atoms with Gasteiger partial charge < -0.3 is 14.9 Å². The number of hydrogen-bond acceptors (Lipinski definition) is 3. The molecular formula is C20H21ClN2O2. The van der Waals surface area contributed by atoms with Crippen LogP contribution in [0.3, 0.4) is 0 Å². The van der Waals surface area contributed by atoms with Crippen LogP contribution in [0.1, 0.15) is 17.9 Å². The van der Waals surface area contributed by atoms with Crippen molar-refractivity contribution in [1.29, 1.82) is 0 Å². The molecule has 1 N–H and O–H groups in total. The van der Waals surface area contributed by atoms with Crippen molar-refractivity contribution >= 4 is 23.2 Å². The van der Waals surface area contributed by atoms with E-state index in [1.165, 1.54) is 0 Å². The largest absolute Gasteiger partial charge is 0.508 e. The molecule has 1 saturated carbocycles. The van der Waals surface area contributed by atoms with E-state index < -0.39 is 0 Å². The lowest BCUT2D eigenvalue weighted by Crippen LogP contribution is -2.49. The molecule has 1 heterocycles. The van der Waals surface area contributed by atoms with E-state index in [0.29, 0.717) is 5.92 Å². The lowest BCUT2D eigenvalue weighted by Gasteiger charge is -2.36. The summed E-state index contributed by atoms with van der Waals surface area (Å²) in [6.45, 7) is 3.18. The Morgan fingerprint density at radius 1 is 1.04 bits per heavy atom. The van der Waals surface area contributed by atoms with Crippen LogP contribution in [-0.4, -0.2) is 42.1 Å². The number of amides is 1. The number of carbonyl (C=O) groups is 1. The molecule has 25 heavy (non-hydrogen) atoms. The van der Waals surface area contributed by atoms with Crippen molar-refractivity contribution in [3.05, 3.63) is 59.1 Å². The van der Waals surface area contributed by atoms with E-state index in [0.717, 1.165) is 48.9 Å². The third-order valence-corrected chi connectivity index (χ3v) is 5.43. The molecule has 0 bridgehead atoms. The Kier molecular flexibility index (Phi) is 4.30. The maximum Gasteiger partial charge on any atom is 0.226 e. The van der Waals surface area contributed by atoms with Gasteiger partial charge in [-0.3, -0.25) is 4.79 Å². The van der Waals surface area contributed by atoms with Gasteiger partial charge in [0, 0.05) is 42.8 Å². The summed E-state index contributed by atoms with van der Waals surface area (Å²) in [5.41, 5.74) is 2.27. The highest BCUT2D eigenvalue weighted by molar-refractivity contribution is 6.30. The monoisotopic (exact) mass is 356 g/mol. The SMILES string of the molecule is O=C(C1CC1c1ccc(O)cc1)N1CCN(c2cccc(Cl)c2)CC1. The molecule has 1 aliphatic heterocycles. The minimum absolute atomic E-state index is 0.0993. The fraction of sp³-hybridized carbons (Fsp3) is 0.350. The molecule has 2 aromatic rings. The summed E-state index contributed by atoms with van der Waals surface area (Å²) in [4.78, 5) is 17.0. The average Bonchev–Trinajstić information content (AvgIpc) is 3.43. The van der Waals surface area contributed by atoms with Gasteiger partial charge in [-0.25, -0.2) is 0 Å². The third-order valence-electron chi connectivity index (χ3n) is 5.19. The zero-order valence-corrected chi connectivity index (χ0v) is 14.7. The van der Waals surface area contributed by atoms with E-state index >= 15 is 0 Å². The van der Waals surface area contributed by atoms with E-state index in [9.17, 15) is 9.90 Å². The molecule has 130 valence electrons. The van der Waals surface area contributed by atoms with E-state index in [-0.39, 0.29) is 17.6 Å². The van der Waals surface area contributed by atoms with Crippen molar-refractivity contribution in [3.63, 3.8) is 0 Å². The Balaban J connectivity index is 1.34. The number of halogens is 1. The summed E-state index contributed by atoms with van der Waals surface area (Å²) < 4.78 is 0. The number of phenols is 1. The Labute approximate surface area is 152 Å². The first kappa shape index (κ1) is 16.3. The fourth-order valence-electron chi connectivity index (χ4n) is 3.65. The van der Waals surface area contributed by atoms with Gasteiger partial charge >= 0.3 is 0 Å². The molecule has 2 aliphatic rings. The molecule has 2 atom stereocenters. The number of aromatic hydroxyl groups is 1. The van der Waals surface area contributed by atoms with Gasteiger partial charge in [-0.1, -0.05) is 29.8 Å². The zero-order valence-electron chi connectivity index (χ0n) is 13.9. The van der Waals surface area contributed by atoms with Crippen LogP contribution >= 0.6 is 11.6 Å². The second-order valence-corrected chi connectivity index (χ2v) is 7.27. The first-order chi connectivity index (χ1) is 12.1. The molecule has 2 unspecified atom stereocenters. The summed E-state index contributed by atoms with van der Waals surface area (Å²) in [6, 6.07) is 15.1. The number of benzene rings is 2. The predicted molar refractivity (Wildman–Crippen MR) is 99.2 cm³/mol. The second-order valence-electron chi connectivity index (χ2n) is 6.83. The molecule has 5 heteroatoms. The molecule has 0 radical (unpaired) electrons. The third kappa shape index (κ3) is 3.45. The van der Waals surface area contributed by atoms with Crippen molar-refractivity contribution in [1.82, 2.24) is 4.90 Å². The Bertz CT molecular complexity index is 770. The minimum atomic E-state index is 0.0993. The molecule has 2 aromatic carbocycles. The van der Waals surface area contributed by atoms with Gasteiger partial charge in [0.15, 0.2) is 0 Å². The van der Waals surface area contributed by atoms with Gasteiger partial charge in [0.05, 0.1) is 0 Å². The van der Waals surface area contributed by atoms with E-state index in [1.807, 2.05) is 35.2 Å². The van der Waals surface area contributed by atoms with Crippen molar-refractivity contribution in [2.24, 2.45) is 5.92 Å². The van der Waals surface area contributed by atoms with Crippen molar-refractivity contribution in [2.45, 2.75) is 12.3 Å². The minimum Gasteiger partial charge on any atom is -0.508 e.